The minimum atomic E-state index is -0.472. The Hall–Kier alpha value is -1.82. The van der Waals surface area contributed by atoms with Crippen molar-refractivity contribution in [3.05, 3.63) is 35.8 Å². The van der Waals surface area contributed by atoms with Crippen molar-refractivity contribution in [2.75, 3.05) is 0 Å². The maximum absolute atomic E-state index is 13.2. The lowest BCUT2D eigenvalue weighted by molar-refractivity contribution is 0.633. The lowest BCUT2D eigenvalue weighted by atomic mass is 10.2. The fourth-order valence-corrected chi connectivity index (χ4v) is 1.18. The van der Waals surface area contributed by atoms with Crippen LogP contribution in [0.3, 0.4) is 0 Å². The van der Waals surface area contributed by atoms with Crippen molar-refractivity contribution < 1.29 is 4.39 Å². The average Bonchev–Trinajstić information content (AvgIpc) is 2.53. The summed E-state index contributed by atoms with van der Waals surface area (Å²) in [5, 5.41) is 9.30. The quantitative estimate of drug-likeness (QED) is 0.630. The summed E-state index contributed by atoms with van der Waals surface area (Å²) in [6.07, 6.45) is 1.65. The smallest absolute Gasteiger partial charge is 0.164 e. The van der Waals surface area contributed by atoms with Crippen LogP contribution in [-0.4, -0.2) is 4.98 Å². The molecule has 3 heteroatoms. The molecule has 0 radical (unpaired) electrons. The molecule has 0 aliphatic rings. The molecule has 0 unspecified atom stereocenters. The second-order valence-electron chi connectivity index (χ2n) is 2.48. The molecule has 58 valence electrons. The molecule has 1 aromatic heterocycles. The summed E-state index contributed by atoms with van der Waals surface area (Å²) < 4.78 is 13.2. The van der Waals surface area contributed by atoms with Crippen LogP contribution < -0.4 is 0 Å². The van der Waals surface area contributed by atoms with Crippen molar-refractivity contribution in [1.29, 1.82) is 5.26 Å². The minimum Gasteiger partial charge on any atom is -0.359 e. The number of hydrogen-bond acceptors (Lipinski definition) is 1. The minimum absolute atomic E-state index is 0.0740. The Labute approximate surface area is 68.2 Å². The standard InChI is InChI=1S/C9H5FN2/c10-8-7(5-11)2-1-6-3-4-12-9(6)8/h1-4,12H. The van der Waals surface area contributed by atoms with Crippen LogP contribution in [0.1, 0.15) is 5.56 Å². The van der Waals surface area contributed by atoms with E-state index in [1.165, 1.54) is 6.07 Å². The van der Waals surface area contributed by atoms with Crippen LogP contribution in [0.25, 0.3) is 10.9 Å². The van der Waals surface area contributed by atoms with Gasteiger partial charge in [-0.3, -0.25) is 0 Å². The van der Waals surface area contributed by atoms with Gasteiger partial charge in [-0.15, -0.1) is 0 Å². The molecule has 0 atom stereocenters. The molecule has 0 saturated heterocycles. The molecule has 2 rings (SSSR count). The largest absolute Gasteiger partial charge is 0.359 e. The maximum atomic E-state index is 13.2. The number of nitriles is 1. The molecule has 0 aliphatic carbocycles. The summed E-state index contributed by atoms with van der Waals surface area (Å²) in [4.78, 5) is 2.74. The van der Waals surface area contributed by atoms with Gasteiger partial charge >= 0.3 is 0 Å². The van der Waals surface area contributed by atoms with Gasteiger partial charge in [0, 0.05) is 11.6 Å². The molecule has 0 bridgehead atoms. The van der Waals surface area contributed by atoms with Crippen LogP contribution in [0, 0.1) is 17.1 Å². The van der Waals surface area contributed by atoms with Crippen molar-refractivity contribution in [3.63, 3.8) is 0 Å². The Bertz CT molecular complexity index is 465. The molecular weight excluding hydrogens is 155 g/mol. The second kappa shape index (κ2) is 2.35. The Kier molecular flexibility index (Phi) is 1.34. The number of halogens is 1. The third-order valence-corrected chi connectivity index (χ3v) is 1.79. The maximum Gasteiger partial charge on any atom is 0.164 e. The van der Waals surface area contributed by atoms with Crippen molar-refractivity contribution in [2.45, 2.75) is 0 Å². The van der Waals surface area contributed by atoms with Crippen molar-refractivity contribution >= 4 is 10.9 Å². The fraction of sp³-hybridized carbons (Fsp3) is 0. The van der Waals surface area contributed by atoms with Gasteiger partial charge in [-0.25, -0.2) is 4.39 Å². The van der Waals surface area contributed by atoms with Crippen LogP contribution >= 0.6 is 0 Å². The number of nitrogens with zero attached hydrogens (tertiary/aromatic N) is 1. The van der Waals surface area contributed by atoms with E-state index in [2.05, 4.69) is 4.98 Å². The van der Waals surface area contributed by atoms with E-state index in [-0.39, 0.29) is 5.56 Å². The summed E-state index contributed by atoms with van der Waals surface area (Å²) in [6.45, 7) is 0. The third kappa shape index (κ3) is 0.785. The van der Waals surface area contributed by atoms with Gasteiger partial charge in [0.1, 0.15) is 6.07 Å². The highest BCUT2D eigenvalue weighted by atomic mass is 19.1. The van der Waals surface area contributed by atoms with E-state index in [0.29, 0.717) is 5.52 Å². The van der Waals surface area contributed by atoms with E-state index >= 15 is 0 Å². The number of benzene rings is 1. The van der Waals surface area contributed by atoms with Crippen LogP contribution in [0.2, 0.25) is 0 Å². The summed E-state index contributed by atoms with van der Waals surface area (Å²) >= 11 is 0. The summed E-state index contributed by atoms with van der Waals surface area (Å²) in [7, 11) is 0. The van der Waals surface area contributed by atoms with Gasteiger partial charge in [0.25, 0.3) is 0 Å². The number of aromatic nitrogens is 1. The monoisotopic (exact) mass is 160 g/mol. The normalized spacial score (nSPS) is 10.0. The average molecular weight is 160 g/mol. The topological polar surface area (TPSA) is 39.6 Å². The van der Waals surface area contributed by atoms with E-state index in [9.17, 15) is 4.39 Å². The molecule has 0 fully saturated rings. The molecule has 0 spiro atoms. The zero-order chi connectivity index (χ0) is 8.55. The number of rotatable bonds is 0. The zero-order valence-electron chi connectivity index (χ0n) is 6.13. The number of H-pyrrole nitrogens is 1. The van der Waals surface area contributed by atoms with Crippen LogP contribution in [0.15, 0.2) is 24.4 Å². The summed E-state index contributed by atoms with van der Waals surface area (Å²) in [6, 6.07) is 6.74. The molecule has 0 saturated carbocycles. The van der Waals surface area contributed by atoms with Gasteiger partial charge < -0.3 is 4.98 Å². The lowest BCUT2D eigenvalue weighted by Gasteiger charge is -1.93. The van der Waals surface area contributed by atoms with Gasteiger partial charge in [0.2, 0.25) is 0 Å². The molecule has 2 nitrogen and oxygen atoms in total. The molecule has 0 aliphatic heterocycles. The first-order valence-corrected chi connectivity index (χ1v) is 3.48. The molecule has 12 heavy (non-hydrogen) atoms. The second-order valence-corrected chi connectivity index (χ2v) is 2.48. The van der Waals surface area contributed by atoms with E-state index in [1.807, 2.05) is 0 Å². The molecule has 1 N–H and O–H groups in total. The highest BCUT2D eigenvalue weighted by Crippen LogP contribution is 2.18. The highest BCUT2D eigenvalue weighted by molar-refractivity contribution is 5.81. The van der Waals surface area contributed by atoms with Crippen molar-refractivity contribution in [2.24, 2.45) is 0 Å². The van der Waals surface area contributed by atoms with Gasteiger partial charge in [-0.05, 0) is 12.1 Å². The first-order valence-electron chi connectivity index (χ1n) is 3.48. The first kappa shape index (κ1) is 6.86. The Morgan fingerprint density at radius 3 is 2.92 bits per heavy atom. The van der Waals surface area contributed by atoms with E-state index < -0.39 is 5.82 Å². The van der Waals surface area contributed by atoms with E-state index in [1.54, 1.807) is 24.4 Å². The zero-order valence-corrected chi connectivity index (χ0v) is 6.13. The van der Waals surface area contributed by atoms with Gasteiger partial charge in [-0.1, -0.05) is 6.07 Å². The molecule has 1 aromatic carbocycles. The fourth-order valence-electron chi connectivity index (χ4n) is 1.18. The third-order valence-electron chi connectivity index (χ3n) is 1.79. The van der Waals surface area contributed by atoms with Crippen LogP contribution in [0.5, 0.6) is 0 Å². The van der Waals surface area contributed by atoms with E-state index in [0.717, 1.165) is 5.39 Å². The first-order chi connectivity index (χ1) is 5.83. The Morgan fingerprint density at radius 2 is 2.17 bits per heavy atom. The molecule has 2 aromatic rings. The summed E-state index contributed by atoms with van der Waals surface area (Å²) in [5.41, 5.74) is 0.471. The predicted octanol–water partition coefficient (Wildman–Crippen LogP) is 2.18. The lowest BCUT2D eigenvalue weighted by Crippen LogP contribution is -1.84. The molecular formula is C9H5FN2. The van der Waals surface area contributed by atoms with Gasteiger partial charge in [0.05, 0.1) is 11.1 Å². The SMILES string of the molecule is N#Cc1ccc2cc[nH]c2c1F. The Morgan fingerprint density at radius 1 is 1.33 bits per heavy atom. The van der Waals surface area contributed by atoms with Crippen molar-refractivity contribution in [1.82, 2.24) is 4.98 Å². The number of aromatic amines is 1. The van der Waals surface area contributed by atoms with Gasteiger partial charge in [-0.2, -0.15) is 5.26 Å². The van der Waals surface area contributed by atoms with Gasteiger partial charge in [0.15, 0.2) is 5.82 Å². The predicted molar refractivity (Wildman–Crippen MR) is 43.0 cm³/mol. The number of hydrogen-bond donors (Lipinski definition) is 1. The number of fused-ring (bicyclic) bond motifs is 1. The van der Waals surface area contributed by atoms with Crippen LogP contribution in [0.4, 0.5) is 4.39 Å². The van der Waals surface area contributed by atoms with Crippen LogP contribution in [-0.2, 0) is 0 Å². The molecule has 1 heterocycles. The highest BCUT2D eigenvalue weighted by Gasteiger charge is 2.06. The molecule has 0 amide bonds. The Balaban J connectivity index is 2.89. The van der Waals surface area contributed by atoms with E-state index in [4.69, 9.17) is 5.26 Å². The summed E-state index contributed by atoms with van der Waals surface area (Å²) in [5.74, 6) is -0.472. The van der Waals surface area contributed by atoms with Crippen molar-refractivity contribution in [3.8, 4) is 6.07 Å². The number of nitrogens with one attached hydrogen (secondary N) is 1.